The van der Waals surface area contributed by atoms with Crippen LogP contribution in [-0.2, 0) is 0 Å². The summed E-state index contributed by atoms with van der Waals surface area (Å²) in [5.41, 5.74) is 5.77. The van der Waals surface area contributed by atoms with E-state index in [0.717, 1.165) is 19.3 Å². The molecule has 1 aliphatic rings. The molecule has 1 atom stereocenters. The summed E-state index contributed by atoms with van der Waals surface area (Å²) in [7, 11) is 0. The van der Waals surface area contributed by atoms with Crippen LogP contribution in [0.3, 0.4) is 0 Å². The Labute approximate surface area is 136 Å². The molecule has 2 aromatic carbocycles. The van der Waals surface area contributed by atoms with Gasteiger partial charge in [0.15, 0.2) is 0 Å². The monoisotopic (exact) mass is 307 g/mol. The molecule has 1 aliphatic carbocycles. The van der Waals surface area contributed by atoms with Gasteiger partial charge in [-0.15, -0.1) is 0 Å². The number of benzene rings is 2. The van der Waals surface area contributed by atoms with Gasteiger partial charge in [-0.05, 0) is 41.7 Å². The van der Waals surface area contributed by atoms with Crippen LogP contribution >= 0.6 is 0 Å². The van der Waals surface area contributed by atoms with Crippen molar-refractivity contribution in [1.82, 2.24) is 0 Å². The lowest BCUT2D eigenvalue weighted by atomic mass is 9.90. The lowest BCUT2D eigenvalue weighted by molar-refractivity contribution is 0.106. The zero-order chi connectivity index (χ0) is 16.4. The molecule has 1 unspecified atom stereocenters. The number of nitrogens with zero attached hydrogens (tertiary/aromatic N) is 1. The Bertz CT molecular complexity index is 777. The zero-order valence-electron chi connectivity index (χ0n) is 13.5. The maximum atomic E-state index is 12.3. The summed E-state index contributed by atoms with van der Waals surface area (Å²) in [5, 5.41) is 11.9. The van der Waals surface area contributed by atoms with Gasteiger partial charge in [-0.2, -0.15) is 0 Å². The van der Waals surface area contributed by atoms with E-state index in [2.05, 4.69) is 36.3 Å². The highest BCUT2D eigenvalue weighted by atomic mass is 16.4. The van der Waals surface area contributed by atoms with Crippen molar-refractivity contribution in [3.8, 4) is 11.1 Å². The minimum absolute atomic E-state index is 0.116. The first-order valence-corrected chi connectivity index (χ1v) is 8.14. The highest BCUT2D eigenvalue weighted by Gasteiger charge is 2.28. The molecule has 1 N–H and O–H groups in total. The number of fused-ring (bicyclic) bond motifs is 3. The maximum Gasteiger partial charge on any atom is 0.210 e. The summed E-state index contributed by atoms with van der Waals surface area (Å²) in [5.74, 6) is 0.126. The van der Waals surface area contributed by atoms with Crippen molar-refractivity contribution in [3.05, 3.63) is 59.2 Å². The topological polar surface area (TPSA) is 49.7 Å². The average Bonchev–Trinajstić information content (AvgIpc) is 2.91. The standard InChI is InChI=1S/C20H21NO2/c1-3-4-7-17-15-8-5-6-9-16(15)18-11-10-14(12-19(17)18)20(22)13(2)21-23/h5-6,8-12,17,23H,3-4,7H2,1-2H3/b21-13-. The molecule has 0 aliphatic heterocycles. The molecule has 3 rings (SSSR count). The van der Waals surface area contributed by atoms with Crippen LogP contribution in [0.4, 0.5) is 0 Å². The molecule has 118 valence electrons. The van der Waals surface area contributed by atoms with E-state index in [9.17, 15) is 4.79 Å². The summed E-state index contributed by atoms with van der Waals surface area (Å²) in [4.78, 5) is 12.3. The number of Topliss-reactive ketones (excluding diaryl/α,β-unsaturated/α-hetero) is 1. The van der Waals surface area contributed by atoms with Crippen molar-refractivity contribution in [3.63, 3.8) is 0 Å². The molecular weight excluding hydrogens is 286 g/mol. The SMILES string of the molecule is CCCCC1c2ccccc2-c2ccc(C(=O)/C(C)=N\O)cc21. The molecule has 0 aromatic heterocycles. The van der Waals surface area contributed by atoms with Crippen LogP contribution in [-0.4, -0.2) is 16.7 Å². The van der Waals surface area contributed by atoms with Crippen LogP contribution in [0.5, 0.6) is 0 Å². The van der Waals surface area contributed by atoms with Gasteiger partial charge < -0.3 is 5.21 Å². The van der Waals surface area contributed by atoms with E-state index in [4.69, 9.17) is 5.21 Å². The first kappa shape index (κ1) is 15.5. The van der Waals surface area contributed by atoms with Crippen molar-refractivity contribution in [2.75, 3.05) is 0 Å². The van der Waals surface area contributed by atoms with E-state index in [1.807, 2.05) is 18.2 Å². The summed E-state index contributed by atoms with van der Waals surface area (Å²) in [6.45, 7) is 3.72. The Morgan fingerprint density at radius 1 is 1.13 bits per heavy atom. The van der Waals surface area contributed by atoms with Crippen molar-refractivity contribution < 1.29 is 10.0 Å². The molecule has 0 bridgehead atoms. The molecule has 0 heterocycles. The normalized spacial score (nSPS) is 16.1. The predicted octanol–water partition coefficient (Wildman–Crippen LogP) is 5.02. The number of ketones is 1. The molecular formula is C20H21NO2. The number of rotatable bonds is 5. The smallest absolute Gasteiger partial charge is 0.210 e. The third-order valence-electron chi connectivity index (χ3n) is 4.64. The van der Waals surface area contributed by atoms with Gasteiger partial charge in [0.1, 0.15) is 5.71 Å². The highest BCUT2D eigenvalue weighted by molar-refractivity contribution is 6.45. The Hall–Kier alpha value is -2.42. The number of hydrogen-bond acceptors (Lipinski definition) is 3. The van der Waals surface area contributed by atoms with Crippen LogP contribution in [0.2, 0.25) is 0 Å². The fraction of sp³-hybridized carbons (Fsp3) is 0.300. The van der Waals surface area contributed by atoms with Crippen molar-refractivity contribution in [2.24, 2.45) is 5.16 Å². The van der Waals surface area contributed by atoms with Crippen LogP contribution < -0.4 is 0 Å². The molecule has 3 nitrogen and oxygen atoms in total. The largest absolute Gasteiger partial charge is 0.411 e. The van der Waals surface area contributed by atoms with Crippen LogP contribution in [0.25, 0.3) is 11.1 Å². The Kier molecular flexibility index (Phi) is 4.28. The second kappa shape index (κ2) is 6.37. The highest BCUT2D eigenvalue weighted by Crippen LogP contribution is 2.47. The van der Waals surface area contributed by atoms with Gasteiger partial charge >= 0.3 is 0 Å². The summed E-state index contributed by atoms with van der Waals surface area (Å²) in [6, 6.07) is 14.3. The number of carbonyl (C=O) groups excluding carboxylic acids is 1. The van der Waals surface area contributed by atoms with E-state index < -0.39 is 0 Å². The Balaban J connectivity index is 2.07. The van der Waals surface area contributed by atoms with Crippen molar-refractivity contribution >= 4 is 11.5 Å². The molecule has 0 saturated heterocycles. The molecule has 0 fully saturated rings. The summed E-state index contributed by atoms with van der Waals surface area (Å²) >= 11 is 0. The fourth-order valence-electron chi connectivity index (χ4n) is 3.42. The lowest BCUT2D eigenvalue weighted by Gasteiger charge is -2.13. The number of unbranched alkanes of at least 4 members (excludes halogenated alkanes) is 1. The predicted molar refractivity (Wildman–Crippen MR) is 92.5 cm³/mol. The Morgan fingerprint density at radius 2 is 1.87 bits per heavy atom. The summed E-state index contributed by atoms with van der Waals surface area (Å²) < 4.78 is 0. The Morgan fingerprint density at radius 3 is 2.61 bits per heavy atom. The third kappa shape index (κ3) is 2.67. The lowest BCUT2D eigenvalue weighted by Crippen LogP contribution is -2.11. The minimum Gasteiger partial charge on any atom is -0.411 e. The van der Waals surface area contributed by atoms with Crippen LogP contribution in [0.1, 0.15) is 60.5 Å². The average molecular weight is 307 g/mol. The van der Waals surface area contributed by atoms with Gasteiger partial charge in [-0.25, -0.2) is 0 Å². The molecule has 0 amide bonds. The third-order valence-corrected chi connectivity index (χ3v) is 4.64. The zero-order valence-corrected chi connectivity index (χ0v) is 13.5. The number of oxime groups is 1. The van der Waals surface area contributed by atoms with Gasteiger partial charge in [0.05, 0.1) is 0 Å². The molecule has 3 heteroatoms. The van der Waals surface area contributed by atoms with Crippen LogP contribution in [0, 0.1) is 0 Å². The molecule has 23 heavy (non-hydrogen) atoms. The van der Waals surface area contributed by atoms with Crippen molar-refractivity contribution in [2.45, 2.75) is 39.0 Å². The molecule has 0 radical (unpaired) electrons. The second-order valence-corrected chi connectivity index (χ2v) is 6.10. The first-order valence-electron chi connectivity index (χ1n) is 8.14. The van der Waals surface area contributed by atoms with Crippen LogP contribution in [0.15, 0.2) is 47.6 Å². The fourth-order valence-corrected chi connectivity index (χ4v) is 3.42. The van der Waals surface area contributed by atoms with Gasteiger partial charge in [-0.1, -0.05) is 61.3 Å². The van der Waals surface area contributed by atoms with Crippen molar-refractivity contribution in [1.29, 1.82) is 0 Å². The maximum absolute atomic E-state index is 12.3. The molecule has 0 saturated carbocycles. The van der Waals surface area contributed by atoms with E-state index in [1.54, 1.807) is 0 Å². The quantitative estimate of drug-likeness (QED) is 0.365. The second-order valence-electron chi connectivity index (χ2n) is 6.10. The van der Waals surface area contributed by atoms with E-state index in [0.29, 0.717) is 11.5 Å². The van der Waals surface area contributed by atoms with Gasteiger partial charge in [0, 0.05) is 11.5 Å². The van der Waals surface area contributed by atoms with Gasteiger partial charge in [0.2, 0.25) is 5.78 Å². The minimum atomic E-state index is -0.222. The van der Waals surface area contributed by atoms with E-state index in [1.165, 1.54) is 29.2 Å². The van der Waals surface area contributed by atoms with E-state index >= 15 is 0 Å². The first-order chi connectivity index (χ1) is 11.2. The molecule has 0 spiro atoms. The van der Waals surface area contributed by atoms with Gasteiger partial charge in [-0.3, -0.25) is 4.79 Å². The van der Waals surface area contributed by atoms with E-state index in [-0.39, 0.29) is 11.5 Å². The number of hydrogen-bond donors (Lipinski definition) is 1. The summed E-state index contributed by atoms with van der Waals surface area (Å²) in [6.07, 6.45) is 3.40. The molecule has 2 aromatic rings. The number of carbonyl (C=O) groups is 1. The van der Waals surface area contributed by atoms with Gasteiger partial charge in [0.25, 0.3) is 0 Å².